The van der Waals surface area contributed by atoms with Crippen molar-refractivity contribution < 1.29 is 0 Å². The molecule has 0 aliphatic carbocycles. The average Bonchev–Trinajstić information content (AvgIpc) is 3.20. The van der Waals surface area contributed by atoms with Crippen LogP contribution in [0.3, 0.4) is 0 Å². The molecule has 0 saturated carbocycles. The number of aryl methyl sites for hydroxylation is 3. The van der Waals surface area contributed by atoms with Crippen LogP contribution < -0.4 is 10.6 Å². The molecule has 1 aliphatic heterocycles. The van der Waals surface area contributed by atoms with E-state index in [1.165, 1.54) is 4.88 Å². The summed E-state index contributed by atoms with van der Waals surface area (Å²) in [5, 5.41) is 16.1. The fourth-order valence-electron chi connectivity index (χ4n) is 2.59. The molecule has 0 aromatic carbocycles. The molecule has 24 heavy (non-hydrogen) atoms. The second kappa shape index (κ2) is 8.75. The van der Waals surface area contributed by atoms with Gasteiger partial charge in [0.1, 0.15) is 17.4 Å². The van der Waals surface area contributed by atoms with Gasteiger partial charge in [0, 0.05) is 24.4 Å². The zero-order valence-corrected chi connectivity index (χ0v) is 17.4. The molecule has 2 aromatic heterocycles. The third-order valence-corrected chi connectivity index (χ3v) is 4.96. The monoisotopic (exact) mass is 461 g/mol. The first-order valence-corrected chi connectivity index (χ1v) is 8.85. The van der Waals surface area contributed by atoms with Gasteiger partial charge >= 0.3 is 0 Å². The van der Waals surface area contributed by atoms with Gasteiger partial charge in [-0.05, 0) is 27.2 Å². The van der Waals surface area contributed by atoms with Crippen LogP contribution in [0.1, 0.15) is 40.6 Å². The minimum Gasteiger partial charge on any atom is -0.357 e. The van der Waals surface area contributed by atoms with Crippen molar-refractivity contribution in [3.05, 3.63) is 27.2 Å². The molecule has 1 aliphatic rings. The first-order valence-electron chi connectivity index (χ1n) is 8.03. The number of hydrogen-bond donors (Lipinski definition) is 2. The Labute approximate surface area is 163 Å². The fourth-order valence-corrected chi connectivity index (χ4v) is 3.47. The number of aliphatic imine (C=N–C) groups is 1. The van der Waals surface area contributed by atoms with E-state index in [0.717, 1.165) is 54.2 Å². The summed E-state index contributed by atoms with van der Waals surface area (Å²) in [7, 11) is 0. The number of nitrogens with zero attached hydrogens (tertiary/aromatic N) is 5. The summed E-state index contributed by atoms with van der Waals surface area (Å²) in [6.07, 6.45) is 2.18. The van der Waals surface area contributed by atoms with E-state index in [2.05, 4.69) is 49.2 Å². The van der Waals surface area contributed by atoms with E-state index >= 15 is 0 Å². The summed E-state index contributed by atoms with van der Waals surface area (Å²) in [5.41, 5.74) is 1.10. The molecule has 0 atom stereocenters. The lowest BCUT2D eigenvalue weighted by atomic mass is 10.4. The Morgan fingerprint density at radius 3 is 2.83 bits per heavy atom. The van der Waals surface area contributed by atoms with Crippen molar-refractivity contribution >= 4 is 41.3 Å². The number of aromatic nitrogens is 4. The number of halogens is 1. The van der Waals surface area contributed by atoms with Gasteiger partial charge < -0.3 is 15.2 Å². The lowest BCUT2D eigenvalue weighted by Crippen LogP contribution is -2.36. The highest BCUT2D eigenvalue weighted by Crippen LogP contribution is 2.16. The van der Waals surface area contributed by atoms with Crippen LogP contribution in [0.5, 0.6) is 0 Å². The van der Waals surface area contributed by atoms with Gasteiger partial charge in [-0.25, -0.2) is 9.98 Å². The average molecular weight is 461 g/mol. The molecule has 0 radical (unpaired) electrons. The zero-order chi connectivity index (χ0) is 16.2. The Kier molecular flexibility index (Phi) is 6.96. The minimum atomic E-state index is 0. The number of fused-ring (bicyclic) bond motifs is 1. The quantitative estimate of drug-likeness (QED) is 0.406. The number of thiazole rings is 1. The van der Waals surface area contributed by atoms with E-state index in [0.29, 0.717) is 13.1 Å². The predicted molar refractivity (Wildman–Crippen MR) is 107 cm³/mol. The molecular weight excluding hydrogens is 437 g/mol. The molecule has 132 valence electrons. The Morgan fingerprint density at radius 2 is 2.12 bits per heavy atom. The molecule has 0 fully saturated rings. The molecule has 2 N–H and O–H groups in total. The molecular formula is C15H24IN7S. The van der Waals surface area contributed by atoms with E-state index in [1.54, 1.807) is 11.3 Å². The van der Waals surface area contributed by atoms with Gasteiger partial charge in [0.05, 0.1) is 12.2 Å². The van der Waals surface area contributed by atoms with Crippen LogP contribution in [0.25, 0.3) is 0 Å². The molecule has 0 spiro atoms. The van der Waals surface area contributed by atoms with Gasteiger partial charge in [-0.2, -0.15) is 0 Å². The molecule has 2 aromatic rings. The number of rotatable bonds is 5. The van der Waals surface area contributed by atoms with E-state index in [1.807, 2.05) is 6.92 Å². The Balaban J connectivity index is 0.00000208. The smallest absolute Gasteiger partial charge is 0.192 e. The van der Waals surface area contributed by atoms with Crippen molar-refractivity contribution in [2.75, 3.05) is 6.54 Å². The Bertz CT molecular complexity index is 687. The third kappa shape index (κ3) is 4.44. The largest absolute Gasteiger partial charge is 0.357 e. The summed E-state index contributed by atoms with van der Waals surface area (Å²) < 4.78 is 2.18. The molecule has 3 rings (SSSR count). The van der Waals surface area contributed by atoms with Crippen LogP contribution in [-0.2, 0) is 26.1 Å². The summed E-state index contributed by atoms with van der Waals surface area (Å²) in [6, 6.07) is 0. The maximum atomic E-state index is 4.63. The van der Waals surface area contributed by atoms with Crippen LogP contribution in [0.4, 0.5) is 0 Å². The lowest BCUT2D eigenvalue weighted by Gasteiger charge is -2.10. The lowest BCUT2D eigenvalue weighted by molar-refractivity contribution is 0.684. The van der Waals surface area contributed by atoms with E-state index in [9.17, 15) is 0 Å². The first kappa shape index (κ1) is 19.1. The van der Waals surface area contributed by atoms with Gasteiger partial charge in [0.2, 0.25) is 0 Å². The van der Waals surface area contributed by atoms with Crippen LogP contribution in [0, 0.1) is 13.8 Å². The normalized spacial score (nSPS) is 13.5. The topological polar surface area (TPSA) is 80.0 Å². The molecule has 0 bridgehead atoms. The standard InChI is InChI=1S/C15H23N7S.HI/c1-4-16-15(18-9-14-19-10(2)11(3)23-14)17-8-13-21-20-12-6-5-7-22(12)13;/h4-9H2,1-3H3,(H2,16,17,18);1H. The fraction of sp³-hybridized carbons (Fsp3) is 0.600. The molecule has 9 heteroatoms. The highest BCUT2D eigenvalue weighted by atomic mass is 127. The van der Waals surface area contributed by atoms with Crippen molar-refractivity contribution in [3.63, 3.8) is 0 Å². The molecule has 7 nitrogen and oxygen atoms in total. The maximum Gasteiger partial charge on any atom is 0.192 e. The van der Waals surface area contributed by atoms with Crippen molar-refractivity contribution in [2.24, 2.45) is 4.99 Å². The number of hydrogen-bond acceptors (Lipinski definition) is 5. The second-order valence-corrected chi connectivity index (χ2v) is 6.87. The van der Waals surface area contributed by atoms with E-state index in [4.69, 9.17) is 0 Å². The summed E-state index contributed by atoms with van der Waals surface area (Å²) in [6.45, 7) is 9.25. The zero-order valence-electron chi connectivity index (χ0n) is 14.3. The first-order chi connectivity index (χ1) is 11.2. The van der Waals surface area contributed by atoms with Gasteiger partial charge in [0.25, 0.3) is 0 Å². The van der Waals surface area contributed by atoms with E-state index in [-0.39, 0.29) is 24.0 Å². The van der Waals surface area contributed by atoms with Crippen molar-refractivity contribution in [1.82, 2.24) is 30.4 Å². The highest BCUT2D eigenvalue weighted by Gasteiger charge is 2.16. The molecule has 0 saturated heterocycles. The predicted octanol–water partition coefficient (Wildman–Crippen LogP) is 2.17. The molecule has 3 heterocycles. The summed E-state index contributed by atoms with van der Waals surface area (Å²) in [4.78, 5) is 10.4. The van der Waals surface area contributed by atoms with Gasteiger partial charge in [-0.15, -0.1) is 45.5 Å². The van der Waals surface area contributed by atoms with Crippen LogP contribution in [0.2, 0.25) is 0 Å². The van der Waals surface area contributed by atoms with E-state index < -0.39 is 0 Å². The van der Waals surface area contributed by atoms with Crippen LogP contribution in [0.15, 0.2) is 4.99 Å². The second-order valence-electron chi connectivity index (χ2n) is 5.59. The number of guanidine groups is 1. The Morgan fingerprint density at radius 1 is 1.29 bits per heavy atom. The highest BCUT2D eigenvalue weighted by molar-refractivity contribution is 14.0. The van der Waals surface area contributed by atoms with Crippen molar-refractivity contribution in [3.8, 4) is 0 Å². The van der Waals surface area contributed by atoms with Crippen LogP contribution >= 0.6 is 35.3 Å². The van der Waals surface area contributed by atoms with Crippen LogP contribution in [-0.4, -0.2) is 32.3 Å². The number of nitrogens with one attached hydrogen (secondary N) is 2. The van der Waals surface area contributed by atoms with Crippen molar-refractivity contribution in [1.29, 1.82) is 0 Å². The van der Waals surface area contributed by atoms with Gasteiger partial charge in [0.15, 0.2) is 11.8 Å². The minimum absolute atomic E-state index is 0. The SMILES string of the molecule is CCNC(=NCc1nnc2n1CCC2)NCc1nc(C)c(C)s1.I. The van der Waals surface area contributed by atoms with Crippen molar-refractivity contribution in [2.45, 2.75) is 53.2 Å². The van der Waals surface area contributed by atoms with Gasteiger partial charge in [-0.1, -0.05) is 0 Å². The maximum absolute atomic E-state index is 4.63. The third-order valence-electron chi connectivity index (χ3n) is 3.89. The summed E-state index contributed by atoms with van der Waals surface area (Å²) in [5.74, 6) is 2.81. The van der Waals surface area contributed by atoms with Gasteiger partial charge in [-0.3, -0.25) is 0 Å². The molecule has 0 amide bonds. The molecule has 0 unspecified atom stereocenters. The summed E-state index contributed by atoms with van der Waals surface area (Å²) >= 11 is 1.72. The Hall–Kier alpha value is -1.23.